The van der Waals surface area contributed by atoms with Crippen LogP contribution < -0.4 is 15.4 Å². The fourth-order valence-electron chi connectivity index (χ4n) is 2.31. The average Bonchev–Trinajstić information content (AvgIpc) is 2.68. The van der Waals surface area contributed by atoms with Crippen molar-refractivity contribution < 1.29 is 23.9 Å². The summed E-state index contributed by atoms with van der Waals surface area (Å²) >= 11 is 3.38. The molecule has 2 amide bonds. The molecule has 148 valence electrons. The van der Waals surface area contributed by atoms with Gasteiger partial charge in [-0.1, -0.05) is 28.1 Å². The third-order valence-corrected chi connectivity index (χ3v) is 4.63. The Morgan fingerprint density at radius 3 is 2.46 bits per heavy atom. The maximum Gasteiger partial charge on any atom is 0.306 e. The van der Waals surface area contributed by atoms with E-state index in [0.717, 1.165) is 10.0 Å². The summed E-state index contributed by atoms with van der Waals surface area (Å²) in [5.41, 5.74) is 2.10. The first-order valence-corrected chi connectivity index (χ1v) is 9.33. The Morgan fingerprint density at radius 1 is 1.00 bits per heavy atom. The van der Waals surface area contributed by atoms with Crippen LogP contribution in [0.15, 0.2) is 46.9 Å². The molecule has 0 bridgehead atoms. The summed E-state index contributed by atoms with van der Waals surface area (Å²) in [7, 11) is 1.50. The molecule has 0 aliphatic rings. The van der Waals surface area contributed by atoms with E-state index >= 15 is 0 Å². The minimum atomic E-state index is -0.627. The molecule has 0 heterocycles. The Hall–Kier alpha value is -2.87. The topological polar surface area (TPSA) is 93.7 Å². The van der Waals surface area contributed by atoms with Crippen LogP contribution in [0, 0.1) is 6.92 Å². The first kappa shape index (κ1) is 21.4. The normalized spacial score (nSPS) is 10.1. The number of para-hydroxylation sites is 2. The second-order valence-electron chi connectivity index (χ2n) is 5.92. The Balaban J connectivity index is 1.72. The van der Waals surface area contributed by atoms with Crippen LogP contribution in [0.2, 0.25) is 0 Å². The largest absolute Gasteiger partial charge is 0.495 e. The van der Waals surface area contributed by atoms with E-state index in [4.69, 9.17) is 9.47 Å². The number of anilines is 2. The highest BCUT2D eigenvalue weighted by Crippen LogP contribution is 2.23. The zero-order valence-corrected chi connectivity index (χ0v) is 17.2. The number of amides is 2. The van der Waals surface area contributed by atoms with Crippen LogP contribution in [0.3, 0.4) is 0 Å². The maximum atomic E-state index is 12.0. The number of hydrogen-bond donors (Lipinski definition) is 2. The van der Waals surface area contributed by atoms with Gasteiger partial charge >= 0.3 is 5.97 Å². The van der Waals surface area contributed by atoms with E-state index in [-0.39, 0.29) is 18.7 Å². The van der Waals surface area contributed by atoms with E-state index in [0.29, 0.717) is 17.1 Å². The second-order valence-corrected chi connectivity index (χ2v) is 6.78. The summed E-state index contributed by atoms with van der Waals surface area (Å²) in [6.45, 7) is 1.48. The highest BCUT2D eigenvalue weighted by atomic mass is 79.9. The molecule has 2 N–H and O–H groups in total. The predicted octanol–water partition coefficient (Wildman–Crippen LogP) is 3.67. The number of hydrogen-bond acceptors (Lipinski definition) is 5. The molecule has 2 rings (SSSR count). The zero-order chi connectivity index (χ0) is 20.5. The molecule has 0 radical (unpaired) electrons. The van der Waals surface area contributed by atoms with Gasteiger partial charge in [-0.05, 0) is 42.8 Å². The molecule has 28 heavy (non-hydrogen) atoms. The van der Waals surface area contributed by atoms with Gasteiger partial charge in [-0.2, -0.15) is 0 Å². The van der Waals surface area contributed by atoms with Crippen molar-refractivity contribution in [2.75, 3.05) is 24.4 Å². The number of nitrogens with one attached hydrogen (secondary N) is 2. The predicted molar refractivity (Wildman–Crippen MR) is 109 cm³/mol. The fourth-order valence-corrected chi connectivity index (χ4v) is 2.56. The van der Waals surface area contributed by atoms with Gasteiger partial charge < -0.3 is 20.1 Å². The smallest absolute Gasteiger partial charge is 0.306 e. The van der Waals surface area contributed by atoms with Gasteiger partial charge in [0.25, 0.3) is 5.91 Å². The molecule has 7 nitrogen and oxygen atoms in total. The lowest BCUT2D eigenvalue weighted by Crippen LogP contribution is -2.21. The Morgan fingerprint density at radius 2 is 1.75 bits per heavy atom. The van der Waals surface area contributed by atoms with E-state index in [2.05, 4.69) is 26.6 Å². The van der Waals surface area contributed by atoms with Crippen molar-refractivity contribution >= 4 is 45.1 Å². The molecule has 2 aromatic carbocycles. The van der Waals surface area contributed by atoms with Crippen molar-refractivity contribution in [1.82, 2.24) is 0 Å². The fraction of sp³-hybridized carbons (Fsp3) is 0.250. The number of ether oxygens (including phenoxy) is 2. The molecule has 0 aliphatic carbocycles. The van der Waals surface area contributed by atoms with Gasteiger partial charge in [0.15, 0.2) is 6.61 Å². The number of benzene rings is 2. The summed E-state index contributed by atoms with van der Waals surface area (Å²) < 4.78 is 11.0. The molecule has 0 fully saturated rings. The molecule has 2 aromatic rings. The van der Waals surface area contributed by atoms with Gasteiger partial charge in [-0.25, -0.2) is 0 Å². The molecule has 0 aliphatic heterocycles. The van der Waals surface area contributed by atoms with Crippen molar-refractivity contribution in [1.29, 1.82) is 0 Å². The van der Waals surface area contributed by atoms with Gasteiger partial charge in [-0.3, -0.25) is 14.4 Å². The SMILES string of the molecule is COc1ccccc1NC(=O)CCC(=O)OCC(=O)Nc1ccc(Br)c(C)c1. The molecular weight excluding hydrogens is 428 g/mol. The molecule has 8 heteroatoms. The number of aryl methyl sites for hydroxylation is 1. The summed E-state index contributed by atoms with van der Waals surface area (Å²) in [6.07, 6.45) is -0.198. The lowest BCUT2D eigenvalue weighted by molar-refractivity contribution is -0.147. The summed E-state index contributed by atoms with van der Waals surface area (Å²) in [6, 6.07) is 12.3. The Labute approximate surface area is 171 Å². The summed E-state index contributed by atoms with van der Waals surface area (Å²) in [5.74, 6) is -0.902. The quantitative estimate of drug-likeness (QED) is 0.600. The van der Waals surface area contributed by atoms with E-state index in [1.54, 1.807) is 36.4 Å². The van der Waals surface area contributed by atoms with Crippen molar-refractivity contribution in [2.45, 2.75) is 19.8 Å². The van der Waals surface area contributed by atoms with Crippen LogP contribution >= 0.6 is 15.9 Å². The minimum Gasteiger partial charge on any atom is -0.495 e. The van der Waals surface area contributed by atoms with Crippen molar-refractivity contribution in [3.63, 3.8) is 0 Å². The van der Waals surface area contributed by atoms with E-state index in [1.165, 1.54) is 7.11 Å². The molecule has 0 unspecified atom stereocenters. The number of carbonyl (C=O) groups excluding carboxylic acids is 3. The number of esters is 1. The van der Waals surface area contributed by atoms with Crippen LogP contribution in [-0.2, 0) is 19.1 Å². The summed E-state index contributed by atoms with van der Waals surface area (Å²) in [5, 5.41) is 5.31. The van der Waals surface area contributed by atoms with Gasteiger partial charge in [0, 0.05) is 16.6 Å². The molecule has 0 saturated carbocycles. The van der Waals surface area contributed by atoms with Crippen molar-refractivity contribution in [3.05, 3.63) is 52.5 Å². The second kappa shape index (κ2) is 10.5. The monoisotopic (exact) mass is 448 g/mol. The molecule has 0 atom stereocenters. The lowest BCUT2D eigenvalue weighted by atomic mass is 10.2. The van der Waals surface area contributed by atoms with Crippen LogP contribution in [0.5, 0.6) is 5.75 Å². The Kier molecular flexibility index (Phi) is 8.01. The summed E-state index contributed by atoms with van der Waals surface area (Å²) in [4.78, 5) is 35.6. The van der Waals surface area contributed by atoms with Gasteiger partial charge in [-0.15, -0.1) is 0 Å². The molecular formula is C20H21BrN2O5. The Bertz CT molecular complexity index is 869. The lowest BCUT2D eigenvalue weighted by Gasteiger charge is -2.10. The number of carbonyl (C=O) groups is 3. The van der Waals surface area contributed by atoms with E-state index < -0.39 is 18.5 Å². The third-order valence-electron chi connectivity index (χ3n) is 3.74. The maximum absolute atomic E-state index is 12.0. The molecule has 0 spiro atoms. The number of methoxy groups -OCH3 is 1. The van der Waals surface area contributed by atoms with E-state index in [9.17, 15) is 14.4 Å². The molecule has 0 aromatic heterocycles. The van der Waals surface area contributed by atoms with Crippen LogP contribution in [0.1, 0.15) is 18.4 Å². The van der Waals surface area contributed by atoms with Crippen LogP contribution in [-0.4, -0.2) is 31.5 Å². The first-order valence-electron chi connectivity index (χ1n) is 8.53. The average molecular weight is 449 g/mol. The zero-order valence-electron chi connectivity index (χ0n) is 15.6. The van der Waals surface area contributed by atoms with Crippen molar-refractivity contribution in [2.24, 2.45) is 0 Å². The van der Waals surface area contributed by atoms with Gasteiger partial charge in [0.05, 0.1) is 19.2 Å². The van der Waals surface area contributed by atoms with Gasteiger partial charge in [0.1, 0.15) is 5.75 Å². The van der Waals surface area contributed by atoms with Crippen molar-refractivity contribution in [3.8, 4) is 5.75 Å². The molecule has 0 saturated heterocycles. The van der Waals surface area contributed by atoms with Crippen LogP contribution in [0.25, 0.3) is 0 Å². The standard InChI is InChI=1S/C20H21BrN2O5/c1-13-11-14(7-8-15(13)21)22-19(25)12-28-20(26)10-9-18(24)23-16-5-3-4-6-17(16)27-2/h3-8,11H,9-10,12H2,1-2H3,(H,22,25)(H,23,24). The number of rotatable bonds is 8. The first-order chi connectivity index (χ1) is 13.4. The van der Waals surface area contributed by atoms with Crippen LogP contribution in [0.4, 0.5) is 11.4 Å². The number of halogens is 1. The highest BCUT2D eigenvalue weighted by Gasteiger charge is 2.12. The van der Waals surface area contributed by atoms with Gasteiger partial charge in [0.2, 0.25) is 5.91 Å². The van der Waals surface area contributed by atoms with E-state index in [1.807, 2.05) is 13.0 Å². The minimum absolute atomic E-state index is 0.0651. The third kappa shape index (κ3) is 6.70. The highest BCUT2D eigenvalue weighted by molar-refractivity contribution is 9.10.